The molecule has 1 amide bonds. The minimum Gasteiger partial charge on any atom is -0.478 e. The molecule has 0 unspecified atom stereocenters. The van der Waals surface area contributed by atoms with Crippen molar-refractivity contribution in [2.45, 2.75) is 32.7 Å². The van der Waals surface area contributed by atoms with Gasteiger partial charge in [0.15, 0.2) is 0 Å². The van der Waals surface area contributed by atoms with Crippen molar-refractivity contribution in [1.29, 1.82) is 0 Å². The molecule has 1 aromatic rings. The van der Waals surface area contributed by atoms with E-state index in [-0.39, 0.29) is 17.5 Å². The molecule has 1 N–H and O–H groups in total. The van der Waals surface area contributed by atoms with Gasteiger partial charge in [-0.25, -0.2) is 4.79 Å². The predicted molar refractivity (Wildman–Crippen MR) is 80.7 cm³/mol. The first-order chi connectivity index (χ1) is 10.0. The predicted octanol–water partition coefficient (Wildman–Crippen LogP) is 2.66. The van der Waals surface area contributed by atoms with Gasteiger partial charge in [0.05, 0.1) is 12.2 Å². The molecular weight excluding hydrogens is 270 g/mol. The van der Waals surface area contributed by atoms with Gasteiger partial charge in [0.2, 0.25) is 0 Å². The average molecular weight is 293 g/mol. The third-order valence-electron chi connectivity index (χ3n) is 3.56. The van der Waals surface area contributed by atoms with Gasteiger partial charge in [0.1, 0.15) is 0 Å². The van der Waals surface area contributed by atoms with E-state index in [4.69, 9.17) is 9.84 Å². The van der Waals surface area contributed by atoms with Crippen LogP contribution in [0.3, 0.4) is 0 Å². The Bertz CT molecular complexity index is 466. The van der Waals surface area contributed by atoms with Crippen LogP contribution in [-0.2, 0) is 4.74 Å². The van der Waals surface area contributed by atoms with Crippen molar-refractivity contribution in [3.05, 3.63) is 35.4 Å². The zero-order chi connectivity index (χ0) is 15.8. The molecule has 0 aliphatic heterocycles. The molecule has 1 aromatic carbocycles. The molecular formula is C16H23NO4. The van der Waals surface area contributed by atoms with Crippen molar-refractivity contribution in [2.75, 3.05) is 20.3 Å². The number of hydrogen-bond acceptors (Lipinski definition) is 3. The molecule has 0 aliphatic carbocycles. The van der Waals surface area contributed by atoms with Crippen molar-refractivity contribution < 1.29 is 19.4 Å². The summed E-state index contributed by atoms with van der Waals surface area (Å²) in [5, 5.41) is 8.89. The van der Waals surface area contributed by atoms with E-state index in [2.05, 4.69) is 13.8 Å². The molecule has 0 saturated heterocycles. The highest BCUT2D eigenvalue weighted by Crippen LogP contribution is 2.14. The highest BCUT2D eigenvalue weighted by molar-refractivity contribution is 5.96. The number of rotatable bonds is 8. The molecule has 21 heavy (non-hydrogen) atoms. The summed E-state index contributed by atoms with van der Waals surface area (Å²) >= 11 is 0. The summed E-state index contributed by atoms with van der Waals surface area (Å²) in [6.45, 7) is 5.11. The van der Waals surface area contributed by atoms with E-state index in [0.717, 1.165) is 12.8 Å². The summed E-state index contributed by atoms with van der Waals surface area (Å²) in [7, 11) is 1.61. The fraction of sp³-hybridized carbons (Fsp3) is 0.500. The van der Waals surface area contributed by atoms with Gasteiger partial charge in [-0.15, -0.1) is 0 Å². The van der Waals surface area contributed by atoms with Gasteiger partial charge in [0.25, 0.3) is 5.91 Å². The number of ether oxygens (including phenoxy) is 1. The van der Waals surface area contributed by atoms with Crippen LogP contribution < -0.4 is 0 Å². The number of carboxylic acids is 1. The van der Waals surface area contributed by atoms with E-state index in [0.29, 0.717) is 18.7 Å². The van der Waals surface area contributed by atoms with Crippen molar-refractivity contribution >= 4 is 11.9 Å². The smallest absolute Gasteiger partial charge is 0.335 e. The fourth-order valence-corrected chi connectivity index (χ4v) is 2.29. The molecule has 1 rings (SSSR count). The Morgan fingerprint density at radius 3 is 2.10 bits per heavy atom. The third kappa shape index (κ3) is 4.56. The lowest BCUT2D eigenvalue weighted by molar-refractivity contribution is 0.0588. The minimum atomic E-state index is -0.995. The molecule has 0 radical (unpaired) electrons. The minimum absolute atomic E-state index is 0.0855. The lowest BCUT2D eigenvalue weighted by Gasteiger charge is -2.30. The van der Waals surface area contributed by atoms with Crippen molar-refractivity contribution in [3.8, 4) is 0 Å². The maximum Gasteiger partial charge on any atom is 0.335 e. The average Bonchev–Trinajstić information content (AvgIpc) is 2.51. The van der Waals surface area contributed by atoms with Gasteiger partial charge in [-0.1, -0.05) is 13.8 Å². The number of aromatic carboxylic acids is 1. The molecule has 0 aromatic heterocycles. The van der Waals surface area contributed by atoms with Crippen LogP contribution in [0.4, 0.5) is 0 Å². The molecule has 0 saturated carbocycles. The molecule has 0 aliphatic rings. The Kier molecular flexibility index (Phi) is 6.88. The monoisotopic (exact) mass is 293 g/mol. The quantitative estimate of drug-likeness (QED) is 0.800. The number of carbonyl (C=O) groups excluding carboxylic acids is 1. The Labute approximate surface area is 125 Å². The van der Waals surface area contributed by atoms with Crippen LogP contribution in [0.2, 0.25) is 0 Å². The first-order valence-electron chi connectivity index (χ1n) is 7.18. The summed E-state index contributed by atoms with van der Waals surface area (Å²) in [5.41, 5.74) is 0.681. The van der Waals surface area contributed by atoms with E-state index < -0.39 is 5.97 Å². The van der Waals surface area contributed by atoms with E-state index in [1.165, 1.54) is 12.1 Å². The normalized spacial score (nSPS) is 10.7. The Balaban J connectivity index is 2.95. The second-order valence-corrected chi connectivity index (χ2v) is 4.84. The van der Waals surface area contributed by atoms with Gasteiger partial charge in [-0.05, 0) is 37.1 Å². The fourth-order valence-electron chi connectivity index (χ4n) is 2.29. The second kappa shape index (κ2) is 8.42. The number of methoxy groups -OCH3 is 1. The van der Waals surface area contributed by atoms with Crippen LogP contribution in [-0.4, -0.2) is 48.2 Å². The molecule has 5 heteroatoms. The van der Waals surface area contributed by atoms with Crippen LogP contribution in [0.1, 0.15) is 47.4 Å². The number of hydrogen-bond donors (Lipinski definition) is 1. The maximum absolute atomic E-state index is 12.6. The van der Waals surface area contributed by atoms with Crippen molar-refractivity contribution in [3.63, 3.8) is 0 Å². The van der Waals surface area contributed by atoms with Gasteiger partial charge in [0, 0.05) is 25.3 Å². The highest BCUT2D eigenvalue weighted by atomic mass is 16.5. The number of amides is 1. The Morgan fingerprint density at radius 1 is 1.14 bits per heavy atom. The lowest BCUT2D eigenvalue weighted by atomic mass is 10.1. The van der Waals surface area contributed by atoms with Crippen LogP contribution in [0.5, 0.6) is 0 Å². The van der Waals surface area contributed by atoms with Gasteiger partial charge in [-0.3, -0.25) is 4.79 Å². The Morgan fingerprint density at radius 2 is 1.67 bits per heavy atom. The van der Waals surface area contributed by atoms with Crippen LogP contribution in [0.25, 0.3) is 0 Å². The number of nitrogens with zero attached hydrogens (tertiary/aromatic N) is 1. The Hall–Kier alpha value is -1.88. The standard InChI is InChI=1S/C16H23NO4/c1-4-14(5-2)17(10-11-21-3)15(18)12-6-8-13(9-7-12)16(19)20/h6-9,14H,4-5,10-11H2,1-3H3,(H,19,20). The number of carbonyl (C=O) groups is 2. The largest absolute Gasteiger partial charge is 0.478 e. The van der Waals surface area contributed by atoms with Gasteiger partial charge < -0.3 is 14.7 Å². The number of carboxylic acid groups (broad SMARTS) is 1. The molecule has 0 fully saturated rings. The van der Waals surface area contributed by atoms with E-state index >= 15 is 0 Å². The summed E-state index contributed by atoms with van der Waals surface area (Å²) in [5.74, 6) is -1.08. The summed E-state index contributed by atoms with van der Waals surface area (Å²) < 4.78 is 5.08. The van der Waals surface area contributed by atoms with Gasteiger partial charge >= 0.3 is 5.97 Å². The topological polar surface area (TPSA) is 66.8 Å². The lowest BCUT2D eigenvalue weighted by Crippen LogP contribution is -2.41. The molecule has 0 heterocycles. The molecule has 5 nitrogen and oxygen atoms in total. The van der Waals surface area contributed by atoms with E-state index in [1.807, 2.05) is 0 Å². The second-order valence-electron chi connectivity index (χ2n) is 4.84. The third-order valence-corrected chi connectivity index (χ3v) is 3.56. The molecule has 0 atom stereocenters. The molecule has 116 valence electrons. The van der Waals surface area contributed by atoms with Crippen LogP contribution >= 0.6 is 0 Å². The molecule has 0 spiro atoms. The van der Waals surface area contributed by atoms with Crippen molar-refractivity contribution in [2.24, 2.45) is 0 Å². The van der Waals surface area contributed by atoms with E-state index in [9.17, 15) is 9.59 Å². The molecule has 0 bridgehead atoms. The van der Waals surface area contributed by atoms with Gasteiger partial charge in [-0.2, -0.15) is 0 Å². The first kappa shape index (κ1) is 17.2. The van der Waals surface area contributed by atoms with E-state index in [1.54, 1.807) is 24.1 Å². The first-order valence-corrected chi connectivity index (χ1v) is 7.18. The summed E-state index contributed by atoms with van der Waals surface area (Å²) in [6.07, 6.45) is 1.75. The number of benzene rings is 1. The summed E-state index contributed by atoms with van der Waals surface area (Å²) in [6, 6.07) is 6.20. The van der Waals surface area contributed by atoms with Crippen molar-refractivity contribution in [1.82, 2.24) is 4.90 Å². The maximum atomic E-state index is 12.6. The summed E-state index contributed by atoms with van der Waals surface area (Å²) in [4.78, 5) is 25.3. The SMILES string of the molecule is CCC(CC)N(CCOC)C(=O)c1ccc(C(=O)O)cc1. The zero-order valence-corrected chi connectivity index (χ0v) is 12.8. The van der Waals surface area contributed by atoms with Crippen LogP contribution in [0, 0.1) is 0 Å². The zero-order valence-electron chi connectivity index (χ0n) is 12.8. The highest BCUT2D eigenvalue weighted by Gasteiger charge is 2.22. The van der Waals surface area contributed by atoms with Crippen LogP contribution in [0.15, 0.2) is 24.3 Å².